The zero-order chi connectivity index (χ0) is 5.98. The van der Waals surface area contributed by atoms with Crippen LogP contribution in [0.15, 0.2) is 0 Å². The minimum atomic E-state index is -0.769. The van der Waals surface area contributed by atoms with E-state index in [1.807, 2.05) is 0 Å². The van der Waals surface area contributed by atoms with Gasteiger partial charge in [0.2, 0.25) is 0 Å². The molecule has 0 N–H and O–H groups in total. The lowest BCUT2D eigenvalue weighted by Crippen LogP contribution is -2.16. The van der Waals surface area contributed by atoms with Crippen LogP contribution >= 0.6 is 0 Å². The Bertz CT molecular complexity index is 97.5. The standard InChI is InChI=1S/C4H6NO3/c6-5(7)4-2-1-3-8-4/h1,4H,2-3H2. The molecule has 1 aliphatic rings. The molecule has 8 heavy (non-hydrogen) atoms. The maximum Gasteiger partial charge on any atom is 0.315 e. The summed E-state index contributed by atoms with van der Waals surface area (Å²) in [7, 11) is 0. The van der Waals surface area contributed by atoms with Crippen molar-refractivity contribution in [2.75, 3.05) is 6.61 Å². The van der Waals surface area contributed by atoms with Gasteiger partial charge in [0.05, 0.1) is 11.5 Å². The zero-order valence-electron chi connectivity index (χ0n) is 4.24. The van der Waals surface area contributed by atoms with Crippen molar-refractivity contribution in [3.63, 3.8) is 0 Å². The molecule has 0 bridgehead atoms. The van der Waals surface area contributed by atoms with Crippen LogP contribution in [0, 0.1) is 16.5 Å². The molecule has 0 aromatic carbocycles. The molecule has 1 unspecified atom stereocenters. The SMILES string of the molecule is O=[N+]([O-])C1C[CH]CO1. The second-order valence-corrected chi connectivity index (χ2v) is 1.60. The highest BCUT2D eigenvalue weighted by atomic mass is 16.7. The third kappa shape index (κ3) is 0.949. The normalized spacial score (nSPS) is 28.2. The van der Waals surface area contributed by atoms with Crippen LogP contribution in [0.2, 0.25) is 0 Å². The van der Waals surface area contributed by atoms with Crippen LogP contribution in [-0.2, 0) is 4.74 Å². The predicted molar refractivity (Wildman–Crippen MR) is 25.7 cm³/mol. The Kier molecular flexibility index (Phi) is 1.43. The van der Waals surface area contributed by atoms with Gasteiger partial charge in [-0.3, -0.25) is 10.1 Å². The quantitative estimate of drug-likeness (QED) is 0.363. The molecule has 4 heteroatoms. The minimum Gasteiger partial charge on any atom is -0.317 e. The molecule has 0 amide bonds. The molecule has 1 radical (unpaired) electrons. The van der Waals surface area contributed by atoms with E-state index in [9.17, 15) is 10.1 Å². The summed E-state index contributed by atoms with van der Waals surface area (Å²) in [6, 6.07) is 0. The fraction of sp³-hybridized carbons (Fsp3) is 0.750. The second kappa shape index (κ2) is 2.09. The fourth-order valence-electron chi connectivity index (χ4n) is 0.605. The van der Waals surface area contributed by atoms with E-state index in [-0.39, 0.29) is 0 Å². The van der Waals surface area contributed by atoms with Crippen molar-refractivity contribution in [3.05, 3.63) is 16.5 Å². The molecular formula is C4H6NO3. The Hall–Kier alpha value is -0.640. The average molecular weight is 116 g/mol. The highest BCUT2D eigenvalue weighted by Crippen LogP contribution is 2.10. The number of nitro groups is 1. The number of ether oxygens (including phenoxy) is 1. The maximum absolute atomic E-state index is 9.86. The van der Waals surface area contributed by atoms with Gasteiger partial charge in [0.25, 0.3) is 0 Å². The molecule has 0 aromatic rings. The second-order valence-electron chi connectivity index (χ2n) is 1.60. The third-order valence-corrected chi connectivity index (χ3v) is 1.01. The predicted octanol–water partition coefficient (Wildman–Crippen LogP) is 0.214. The van der Waals surface area contributed by atoms with Crippen molar-refractivity contribution >= 4 is 0 Å². The van der Waals surface area contributed by atoms with Gasteiger partial charge in [0.15, 0.2) is 0 Å². The van der Waals surface area contributed by atoms with E-state index in [0.717, 1.165) is 0 Å². The van der Waals surface area contributed by atoms with Gasteiger partial charge < -0.3 is 4.74 Å². The van der Waals surface area contributed by atoms with Gasteiger partial charge in [0, 0.05) is 6.42 Å². The first-order valence-electron chi connectivity index (χ1n) is 2.37. The summed E-state index contributed by atoms with van der Waals surface area (Å²) in [6.07, 6.45) is 1.44. The minimum absolute atomic E-state index is 0.413. The molecule has 0 saturated carbocycles. The van der Waals surface area contributed by atoms with E-state index in [1.165, 1.54) is 0 Å². The van der Waals surface area contributed by atoms with Gasteiger partial charge in [-0.1, -0.05) is 0 Å². The van der Waals surface area contributed by atoms with Crippen LogP contribution in [0.4, 0.5) is 0 Å². The molecule has 0 spiro atoms. The van der Waals surface area contributed by atoms with E-state index in [2.05, 4.69) is 4.74 Å². The molecule has 1 atom stereocenters. The van der Waals surface area contributed by atoms with Crippen molar-refractivity contribution in [2.24, 2.45) is 0 Å². The summed E-state index contributed by atoms with van der Waals surface area (Å²) < 4.78 is 4.66. The lowest BCUT2D eigenvalue weighted by Gasteiger charge is -1.95. The molecule has 1 saturated heterocycles. The largest absolute Gasteiger partial charge is 0.317 e. The molecular weight excluding hydrogens is 110 g/mol. The smallest absolute Gasteiger partial charge is 0.315 e. The molecule has 0 aromatic heterocycles. The maximum atomic E-state index is 9.86. The van der Waals surface area contributed by atoms with E-state index in [4.69, 9.17) is 0 Å². The van der Waals surface area contributed by atoms with Crippen molar-refractivity contribution in [3.8, 4) is 0 Å². The molecule has 4 nitrogen and oxygen atoms in total. The molecule has 1 aliphatic heterocycles. The van der Waals surface area contributed by atoms with Crippen LogP contribution in [0.25, 0.3) is 0 Å². The number of hydrogen-bond donors (Lipinski definition) is 0. The summed E-state index contributed by atoms with van der Waals surface area (Å²) in [5.41, 5.74) is 0. The van der Waals surface area contributed by atoms with Crippen LogP contribution in [0.5, 0.6) is 0 Å². The van der Waals surface area contributed by atoms with Gasteiger partial charge in [-0.05, 0) is 6.42 Å². The summed E-state index contributed by atoms with van der Waals surface area (Å²) >= 11 is 0. The van der Waals surface area contributed by atoms with E-state index in [0.29, 0.717) is 13.0 Å². The Balaban J connectivity index is 2.35. The van der Waals surface area contributed by atoms with E-state index in [1.54, 1.807) is 6.42 Å². The van der Waals surface area contributed by atoms with Gasteiger partial charge in [0.1, 0.15) is 0 Å². The van der Waals surface area contributed by atoms with Gasteiger partial charge in [-0.2, -0.15) is 0 Å². The number of rotatable bonds is 1. The zero-order valence-corrected chi connectivity index (χ0v) is 4.24. The van der Waals surface area contributed by atoms with Crippen molar-refractivity contribution in [1.82, 2.24) is 0 Å². The molecule has 45 valence electrons. The van der Waals surface area contributed by atoms with Crippen LogP contribution in [0.1, 0.15) is 6.42 Å². The van der Waals surface area contributed by atoms with Crippen LogP contribution < -0.4 is 0 Å². The summed E-state index contributed by atoms with van der Waals surface area (Å²) in [4.78, 5) is 9.45. The molecule has 1 fully saturated rings. The van der Waals surface area contributed by atoms with Crippen molar-refractivity contribution in [1.29, 1.82) is 0 Å². The highest BCUT2D eigenvalue weighted by molar-refractivity contribution is 4.71. The Morgan fingerprint density at radius 3 is 2.88 bits per heavy atom. The first-order valence-corrected chi connectivity index (χ1v) is 2.37. The van der Waals surface area contributed by atoms with Crippen molar-refractivity contribution in [2.45, 2.75) is 12.6 Å². The van der Waals surface area contributed by atoms with E-state index < -0.39 is 11.2 Å². The lowest BCUT2D eigenvalue weighted by atomic mass is 10.3. The van der Waals surface area contributed by atoms with E-state index >= 15 is 0 Å². The average Bonchev–Trinajstić information content (AvgIpc) is 2.12. The summed E-state index contributed by atoms with van der Waals surface area (Å²) in [5, 5.41) is 9.86. The number of hydrogen-bond acceptors (Lipinski definition) is 3. The number of nitrogens with zero attached hydrogens (tertiary/aromatic N) is 1. The Morgan fingerprint density at radius 2 is 2.62 bits per heavy atom. The monoisotopic (exact) mass is 116 g/mol. The summed E-state index contributed by atoms with van der Waals surface area (Å²) in [5.74, 6) is 0. The van der Waals surface area contributed by atoms with Gasteiger partial charge >= 0.3 is 6.23 Å². The van der Waals surface area contributed by atoms with Crippen LogP contribution in [0.3, 0.4) is 0 Å². The van der Waals surface area contributed by atoms with Crippen molar-refractivity contribution < 1.29 is 9.66 Å². The Morgan fingerprint density at radius 1 is 1.88 bits per heavy atom. The van der Waals surface area contributed by atoms with Gasteiger partial charge in [-0.15, -0.1) is 0 Å². The first kappa shape index (κ1) is 5.50. The molecule has 1 rings (SSSR count). The fourth-order valence-corrected chi connectivity index (χ4v) is 0.605. The molecule has 0 aliphatic carbocycles. The molecule has 1 heterocycles. The third-order valence-electron chi connectivity index (χ3n) is 1.01. The van der Waals surface area contributed by atoms with Crippen LogP contribution in [-0.4, -0.2) is 17.8 Å². The highest BCUT2D eigenvalue weighted by Gasteiger charge is 2.25. The lowest BCUT2D eigenvalue weighted by molar-refractivity contribution is -0.568. The van der Waals surface area contributed by atoms with Gasteiger partial charge in [-0.25, -0.2) is 0 Å². The first-order chi connectivity index (χ1) is 3.80. The topological polar surface area (TPSA) is 52.4 Å². The Labute approximate surface area is 46.6 Å². The summed E-state index contributed by atoms with van der Waals surface area (Å²) in [6.45, 7) is 0.422.